The quantitative estimate of drug-likeness (QED) is 0.449. The summed E-state index contributed by atoms with van der Waals surface area (Å²) < 4.78 is 7.81. The molecule has 0 bridgehead atoms. The maximum atomic E-state index is 6.37. The van der Waals surface area contributed by atoms with Crippen LogP contribution >= 0.6 is 23.2 Å². The van der Waals surface area contributed by atoms with E-state index in [1.54, 1.807) is 0 Å². The van der Waals surface area contributed by atoms with Gasteiger partial charge in [-0.25, -0.2) is 0 Å². The van der Waals surface area contributed by atoms with E-state index in [2.05, 4.69) is 54.2 Å². The summed E-state index contributed by atoms with van der Waals surface area (Å²) in [6.45, 7) is 7.33. The third kappa shape index (κ3) is 5.26. The lowest BCUT2D eigenvalue weighted by Crippen LogP contribution is -2.17. The van der Waals surface area contributed by atoms with Gasteiger partial charge in [-0.05, 0) is 50.6 Å². The van der Waals surface area contributed by atoms with Gasteiger partial charge >= 0.3 is 0 Å². The minimum absolute atomic E-state index is 0.291. The molecule has 1 N–H and O–H groups in total. The first-order valence-electron chi connectivity index (χ1n) is 9.38. The zero-order valence-corrected chi connectivity index (χ0v) is 17.4. The summed E-state index contributed by atoms with van der Waals surface area (Å²) in [5, 5.41) is 6.18. The van der Waals surface area contributed by atoms with Crippen LogP contribution < -0.4 is 5.32 Å². The lowest BCUT2D eigenvalue weighted by atomic mass is 10.2. The predicted molar refractivity (Wildman–Crippen MR) is 115 cm³/mol. The van der Waals surface area contributed by atoms with Crippen molar-refractivity contribution < 1.29 is 4.74 Å². The maximum Gasteiger partial charge on any atom is 0.0518 e. The minimum atomic E-state index is 0.291. The van der Waals surface area contributed by atoms with Crippen molar-refractivity contribution in [1.29, 1.82) is 0 Å². The molecule has 0 spiro atoms. The molecule has 0 unspecified atom stereocenters. The van der Waals surface area contributed by atoms with Gasteiger partial charge in [0.1, 0.15) is 0 Å². The fourth-order valence-corrected chi connectivity index (χ4v) is 3.70. The molecule has 0 saturated carbocycles. The van der Waals surface area contributed by atoms with Crippen molar-refractivity contribution in [2.24, 2.45) is 0 Å². The van der Waals surface area contributed by atoms with Crippen molar-refractivity contribution in [3.63, 3.8) is 0 Å². The normalized spacial score (nSPS) is 11.6. The second-order valence-electron chi connectivity index (χ2n) is 6.95. The van der Waals surface area contributed by atoms with E-state index in [9.17, 15) is 0 Å². The number of hydrogen-bond donors (Lipinski definition) is 1. The van der Waals surface area contributed by atoms with Crippen molar-refractivity contribution in [2.45, 2.75) is 39.5 Å². The summed E-state index contributed by atoms with van der Waals surface area (Å²) in [6.07, 6.45) is 3.49. The summed E-state index contributed by atoms with van der Waals surface area (Å²) in [6, 6.07) is 14.1. The molecule has 0 fully saturated rings. The zero-order chi connectivity index (χ0) is 19.2. The van der Waals surface area contributed by atoms with E-state index in [0.29, 0.717) is 22.7 Å². The van der Waals surface area contributed by atoms with Crippen LogP contribution in [0.4, 0.5) is 0 Å². The highest BCUT2D eigenvalue weighted by Gasteiger charge is 2.11. The van der Waals surface area contributed by atoms with Gasteiger partial charge in [-0.15, -0.1) is 0 Å². The van der Waals surface area contributed by atoms with Crippen LogP contribution in [0, 0.1) is 0 Å². The van der Waals surface area contributed by atoms with E-state index < -0.39 is 0 Å². The average molecular weight is 405 g/mol. The van der Waals surface area contributed by atoms with Crippen LogP contribution in [-0.2, 0) is 17.8 Å². The molecule has 0 atom stereocenters. The van der Waals surface area contributed by atoms with Gasteiger partial charge < -0.3 is 14.6 Å². The molecular formula is C22H26Cl2N2O. The van der Waals surface area contributed by atoms with Crippen LogP contribution in [-0.4, -0.2) is 23.8 Å². The Hall–Kier alpha value is -1.52. The highest BCUT2D eigenvalue weighted by Crippen LogP contribution is 2.28. The van der Waals surface area contributed by atoms with Crippen molar-refractivity contribution in [3.05, 3.63) is 69.8 Å². The fourth-order valence-electron chi connectivity index (χ4n) is 3.19. The summed E-state index contributed by atoms with van der Waals surface area (Å²) in [7, 11) is 0. The second kappa shape index (κ2) is 9.61. The number of nitrogens with one attached hydrogen (secondary N) is 1. The molecule has 1 heterocycles. The summed E-state index contributed by atoms with van der Waals surface area (Å²) >= 11 is 12.7. The lowest BCUT2D eigenvalue weighted by Gasteiger charge is -2.09. The number of halogens is 2. The Morgan fingerprint density at radius 3 is 2.52 bits per heavy atom. The van der Waals surface area contributed by atoms with Crippen LogP contribution in [0.5, 0.6) is 0 Å². The van der Waals surface area contributed by atoms with Crippen molar-refractivity contribution >= 4 is 34.1 Å². The third-order valence-electron chi connectivity index (χ3n) is 4.53. The van der Waals surface area contributed by atoms with Crippen LogP contribution in [0.15, 0.2) is 48.7 Å². The first kappa shape index (κ1) is 20.2. The number of rotatable bonds is 9. The molecule has 0 aliphatic rings. The number of nitrogens with zero attached hydrogens (tertiary/aromatic N) is 1. The number of fused-ring (bicyclic) bond motifs is 1. The van der Waals surface area contributed by atoms with Gasteiger partial charge in [0.15, 0.2) is 0 Å². The van der Waals surface area contributed by atoms with Gasteiger partial charge in [0, 0.05) is 45.9 Å². The second-order valence-corrected chi connectivity index (χ2v) is 7.76. The summed E-state index contributed by atoms with van der Waals surface area (Å²) in [5.74, 6) is 0. The molecule has 3 rings (SSSR count). The lowest BCUT2D eigenvalue weighted by molar-refractivity contribution is 0.0770. The molecule has 5 heteroatoms. The Kier molecular flexibility index (Phi) is 7.20. The minimum Gasteiger partial charge on any atom is -0.379 e. The molecule has 144 valence electrons. The maximum absolute atomic E-state index is 6.37. The molecule has 1 aromatic heterocycles. The van der Waals surface area contributed by atoms with E-state index >= 15 is 0 Å². The smallest absolute Gasteiger partial charge is 0.0518 e. The number of aromatic nitrogens is 1. The topological polar surface area (TPSA) is 26.2 Å². The largest absolute Gasteiger partial charge is 0.379 e. The Morgan fingerprint density at radius 2 is 1.78 bits per heavy atom. The van der Waals surface area contributed by atoms with Gasteiger partial charge in [0.05, 0.1) is 12.6 Å². The zero-order valence-electron chi connectivity index (χ0n) is 15.8. The van der Waals surface area contributed by atoms with Crippen molar-refractivity contribution in [2.75, 3.05) is 13.2 Å². The molecular weight excluding hydrogens is 379 g/mol. The van der Waals surface area contributed by atoms with E-state index in [1.807, 2.05) is 18.2 Å². The third-order valence-corrected chi connectivity index (χ3v) is 5.23. The Labute approximate surface area is 171 Å². The highest BCUT2D eigenvalue weighted by atomic mass is 35.5. The molecule has 0 radical (unpaired) electrons. The monoisotopic (exact) mass is 404 g/mol. The van der Waals surface area contributed by atoms with Crippen LogP contribution in [0.25, 0.3) is 10.9 Å². The number of ether oxygens (including phenoxy) is 1. The fraction of sp³-hybridized carbons (Fsp3) is 0.364. The van der Waals surface area contributed by atoms with Gasteiger partial charge in [0.2, 0.25) is 0 Å². The first-order chi connectivity index (χ1) is 13.1. The molecule has 3 nitrogen and oxygen atoms in total. The predicted octanol–water partition coefficient (Wildman–Crippen LogP) is 5.90. The van der Waals surface area contributed by atoms with E-state index in [0.717, 1.165) is 31.7 Å². The van der Waals surface area contributed by atoms with E-state index in [-0.39, 0.29) is 0 Å². The van der Waals surface area contributed by atoms with Crippen molar-refractivity contribution in [3.8, 4) is 0 Å². The highest BCUT2D eigenvalue weighted by molar-refractivity contribution is 6.36. The van der Waals surface area contributed by atoms with E-state index in [1.165, 1.54) is 16.5 Å². The summed E-state index contributed by atoms with van der Waals surface area (Å²) in [4.78, 5) is 0. The first-order valence-corrected chi connectivity index (χ1v) is 10.1. The molecule has 0 saturated heterocycles. The van der Waals surface area contributed by atoms with Gasteiger partial charge in [-0.1, -0.05) is 47.5 Å². The van der Waals surface area contributed by atoms with Gasteiger partial charge in [-0.3, -0.25) is 0 Å². The molecule has 2 aromatic carbocycles. The SMILES string of the molecule is CC(C)OCCCNCc1cn(Cc2c(Cl)cccc2Cl)c2ccccc12. The van der Waals surface area contributed by atoms with Crippen LogP contribution in [0.2, 0.25) is 10.0 Å². The number of hydrogen-bond acceptors (Lipinski definition) is 2. The van der Waals surface area contributed by atoms with Crippen LogP contribution in [0.3, 0.4) is 0 Å². The van der Waals surface area contributed by atoms with Gasteiger partial charge in [-0.2, -0.15) is 0 Å². The number of para-hydroxylation sites is 1. The van der Waals surface area contributed by atoms with Crippen LogP contribution in [0.1, 0.15) is 31.4 Å². The Balaban J connectivity index is 1.72. The standard InChI is InChI=1S/C22H26Cl2N2O/c1-16(2)27-12-6-11-25-13-17-14-26(22-10-4-3-7-18(17)22)15-19-20(23)8-5-9-21(19)24/h3-5,7-10,14,16,25H,6,11-13,15H2,1-2H3. The molecule has 0 amide bonds. The summed E-state index contributed by atoms with van der Waals surface area (Å²) in [5.41, 5.74) is 3.42. The number of benzene rings is 2. The van der Waals surface area contributed by atoms with Gasteiger partial charge in [0.25, 0.3) is 0 Å². The Morgan fingerprint density at radius 1 is 1.04 bits per heavy atom. The molecule has 3 aromatic rings. The van der Waals surface area contributed by atoms with E-state index in [4.69, 9.17) is 27.9 Å². The van der Waals surface area contributed by atoms with Crippen molar-refractivity contribution in [1.82, 2.24) is 9.88 Å². The molecule has 0 aliphatic carbocycles. The molecule has 0 aliphatic heterocycles. The molecule has 27 heavy (non-hydrogen) atoms. The Bertz CT molecular complexity index is 869. The average Bonchev–Trinajstić information content (AvgIpc) is 2.99.